The number of urea groups is 1. The number of benzene rings is 2. The van der Waals surface area contributed by atoms with Crippen LogP contribution in [0.25, 0.3) is 5.69 Å². The Bertz CT molecular complexity index is 777. The fraction of sp³-hybridized carbons (Fsp3) is 0.105. The van der Waals surface area contributed by atoms with Crippen LogP contribution in [-0.4, -0.2) is 10.6 Å². The molecule has 0 saturated carbocycles. The highest BCUT2D eigenvalue weighted by Crippen LogP contribution is 2.14. The first-order chi connectivity index (χ1) is 11.2. The molecule has 1 aromatic heterocycles. The predicted molar refractivity (Wildman–Crippen MR) is 92.8 cm³/mol. The maximum Gasteiger partial charge on any atom is 0.319 e. The van der Waals surface area contributed by atoms with E-state index in [0.29, 0.717) is 6.54 Å². The molecule has 0 unspecified atom stereocenters. The van der Waals surface area contributed by atoms with Gasteiger partial charge in [0.2, 0.25) is 0 Å². The molecule has 4 heteroatoms. The summed E-state index contributed by atoms with van der Waals surface area (Å²) in [5, 5.41) is 5.73. The Labute approximate surface area is 135 Å². The molecule has 0 aliphatic heterocycles. The highest BCUT2D eigenvalue weighted by molar-refractivity contribution is 5.89. The van der Waals surface area contributed by atoms with E-state index in [2.05, 4.69) is 10.6 Å². The van der Waals surface area contributed by atoms with E-state index < -0.39 is 0 Å². The van der Waals surface area contributed by atoms with Gasteiger partial charge in [-0.25, -0.2) is 4.79 Å². The van der Waals surface area contributed by atoms with E-state index in [1.165, 1.54) is 5.56 Å². The summed E-state index contributed by atoms with van der Waals surface area (Å²) in [5.74, 6) is 0. The summed E-state index contributed by atoms with van der Waals surface area (Å²) in [5.41, 5.74) is 4.05. The van der Waals surface area contributed by atoms with Crippen LogP contribution in [0.1, 0.15) is 11.1 Å². The molecule has 1 heterocycles. The number of carbonyl (C=O) groups excluding carboxylic acids is 1. The first-order valence-corrected chi connectivity index (χ1v) is 7.54. The molecule has 0 atom stereocenters. The molecular formula is C19H19N3O. The van der Waals surface area contributed by atoms with Crippen LogP contribution >= 0.6 is 0 Å². The highest BCUT2D eigenvalue weighted by atomic mass is 16.2. The number of carbonyl (C=O) groups is 1. The first-order valence-electron chi connectivity index (χ1n) is 7.54. The Morgan fingerprint density at radius 2 is 1.74 bits per heavy atom. The summed E-state index contributed by atoms with van der Waals surface area (Å²) in [4.78, 5) is 12.0. The molecule has 2 amide bonds. The van der Waals surface area contributed by atoms with E-state index in [0.717, 1.165) is 16.9 Å². The van der Waals surface area contributed by atoms with Crippen molar-refractivity contribution in [3.8, 4) is 5.69 Å². The first kappa shape index (κ1) is 14.9. The normalized spacial score (nSPS) is 10.3. The lowest BCUT2D eigenvalue weighted by Crippen LogP contribution is -2.28. The van der Waals surface area contributed by atoms with Crippen molar-refractivity contribution >= 4 is 11.7 Å². The molecule has 3 aromatic rings. The lowest BCUT2D eigenvalue weighted by atomic mass is 10.1. The van der Waals surface area contributed by atoms with E-state index in [1.807, 2.05) is 84.5 Å². The number of hydrogen-bond donors (Lipinski definition) is 2. The van der Waals surface area contributed by atoms with Crippen molar-refractivity contribution in [2.24, 2.45) is 0 Å². The lowest BCUT2D eigenvalue weighted by Gasteiger charge is -2.10. The zero-order chi connectivity index (χ0) is 16.1. The Morgan fingerprint density at radius 1 is 1.00 bits per heavy atom. The summed E-state index contributed by atoms with van der Waals surface area (Å²) >= 11 is 0. The summed E-state index contributed by atoms with van der Waals surface area (Å²) in [6.45, 7) is 2.55. The van der Waals surface area contributed by atoms with Crippen LogP contribution in [0.2, 0.25) is 0 Å². The maximum atomic E-state index is 12.0. The molecule has 116 valence electrons. The fourth-order valence-corrected chi connectivity index (χ4v) is 2.31. The van der Waals surface area contributed by atoms with E-state index >= 15 is 0 Å². The molecule has 0 spiro atoms. The molecular weight excluding hydrogens is 286 g/mol. The van der Waals surface area contributed by atoms with Crippen LogP contribution in [0.5, 0.6) is 0 Å². The van der Waals surface area contributed by atoms with Crippen molar-refractivity contribution < 1.29 is 4.79 Å². The number of amides is 2. The van der Waals surface area contributed by atoms with Gasteiger partial charge in [0, 0.05) is 30.3 Å². The number of aromatic nitrogens is 1. The smallest absolute Gasteiger partial charge is 0.319 e. The molecule has 0 aliphatic carbocycles. The second kappa shape index (κ2) is 6.83. The van der Waals surface area contributed by atoms with Gasteiger partial charge in [-0.05, 0) is 42.8 Å². The second-order valence-corrected chi connectivity index (χ2v) is 5.43. The molecule has 0 saturated heterocycles. The molecule has 0 fully saturated rings. The number of rotatable bonds is 4. The SMILES string of the molecule is Cc1ccc(CNC(=O)Nc2cccc(-n3cccc3)c2)cc1. The van der Waals surface area contributed by atoms with Crippen LogP contribution in [0.4, 0.5) is 10.5 Å². The maximum absolute atomic E-state index is 12.0. The summed E-state index contributed by atoms with van der Waals surface area (Å²) in [6.07, 6.45) is 3.94. The third kappa shape index (κ3) is 4.01. The molecule has 4 nitrogen and oxygen atoms in total. The van der Waals surface area contributed by atoms with E-state index in [-0.39, 0.29) is 6.03 Å². The van der Waals surface area contributed by atoms with Crippen molar-refractivity contribution in [2.75, 3.05) is 5.32 Å². The van der Waals surface area contributed by atoms with Gasteiger partial charge in [0.1, 0.15) is 0 Å². The minimum Gasteiger partial charge on any atom is -0.334 e. The monoisotopic (exact) mass is 305 g/mol. The van der Waals surface area contributed by atoms with Gasteiger partial charge in [0.15, 0.2) is 0 Å². The van der Waals surface area contributed by atoms with Gasteiger partial charge in [0.05, 0.1) is 0 Å². The van der Waals surface area contributed by atoms with Crippen LogP contribution in [0.3, 0.4) is 0 Å². The van der Waals surface area contributed by atoms with Crippen LogP contribution in [0, 0.1) is 6.92 Å². The van der Waals surface area contributed by atoms with Crippen molar-refractivity contribution in [1.29, 1.82) is 0 Å². The van der Waals surface area contributed by atoms with Gasteiger partial charge in [-0.15, -0.1) is 0 Å². The van der Waals surface area contributed by atoms with Crippen LogP contribution < -0.4 is 10.6 Å². The average molecular weight is 305 g/mol. The summed E-state index contributed by atoms with van der Waals surface area (Å²) < 4.78 is 2.00. The fourth-order valence-electron chi connectivity index (χ4n) is 2.31. The highest BCUT2D eigenvalue weighted by Gasteiger charge is 2.03. The number of nitrogens with zero attached hydrogens (tertiary/aromatic N) is 1. The molecule has 0 bridgehead atoms. The van der Waals surface area contributed by atoms with E-state index in [9.17, 15) is 4.79 Å². The Morgan fingerprint density at radius 3 is 2.48 bits per heavy atom. The Balaban J connectivity index is 1.59. The number of nitrogens with one attached hydrogen (secondary N) is 2. The van der Waals surface area contributed by atoms with Gasteiger partial charge in [-0.3, -0.25) is 0 Å². The quantitative estimate of drug-likeness (QED) is 0.748. The van der Waals surface area contributed by atoms with Crippen LogP contribution in [-0.2, 0) is 6.54 Å². The topological polar surface area (TPSA) is 46.1 Å². The molecule has 3 rings (SSSR count). The van der Waals surface area contributed by atoms with Crippen molar-refractivity contribution in [1.82, 2.24) is 9.88 Å². The molecule has 2 aromatic carbocycles. The van der Waals surface area contributed by atoms with Gasteiger partial charge in [0.25, 0.3) is 0 Å². The Kier molecular flexibility index (Phi) is 4.43. The number of anilines is 1. The second-order valence-electron chi connectivity index (χ2n) is 5.43. The molecule has 23 heavy (non-hydrogen) atoms. The standard InChI is InChI=1S/C19H19N3O/c1-15-7-9-16(10-8-15)14-20-19(23)21-17-5-4-6-18(13-17)22-11-2-3-12-22/h2-13H,14H2,1H3,(H2,20,21,23). The zero-order valence-electron chi connectivity index (χ0n) is 13.0. The summed E-state index contributed by atoms with van der Waals surface area (Å²) in [7, 11) is 0. The van der Waals surface area contributed by atoms with Crippen LogP contribution in [0.15, 0.2) is 73.1 Å². The van der Waals surface area contributed by atoms with Gasteiger partial charge in [-0.1, -0.05) is 35.9 Å². The van der Waals surface area contributed by atoms with Gasteiger partial charge in [-0.2, -0.15) is 0 Å². The number of hydrogen-bond acceptors (Lipinski definition) is 1. The zero-order valence-corrected chi connectivity index (χ0v) is 13.0. The lowest BCUT2D eigenvalue weighted by molar-refractivity contribution is 0.251. The third-order valence-corrected chi connectivity index (χ3v) is 3.58. The van der Waals surface area contributed by atoms with Crippen molar-refractivity contribution in [3.05, 3.63) is 84.2 Å². The van der Waals surface area contributed by atoms with E-state index in [4.69, 9.17) is 0 Å². The Hall–Kier alpha value is -3.01. The largest absolute Gasteiger partial charge is 0.334 e. The van der Waals surface area contributed by atoms with E-state index in [1.54, 1.807) is 0 Å². The van der Waals surface area contributed by atoms with Crippen molar-refractivity contribution in [3.63, 3.8) is 0 Å². The van der Waals surface area contributed by atoms with Crippen molar-refractivity contribution in [2.45, 2.75) is 13.5 Å². The van der Waals surface area contributed by atoms with Gasteiger partial charge >= 0.3 is 6.03 Å². The minimum atomic E-state index is -0.213. The third-order valence-electron chi connectivity index (χ3n) is 3.58. The molecule has 0 radical (unpaired) electrons. The summed E-state index contributed by atoms with van der Waals surface area (Å²) in [6, 6.07) is 19.6. The minimum absolute atomic E-state index is 0.213. The predicted octanol–water partition coefficient (Wildman–Crippen LogP) is 4.11. The molecule has 0 aliphatic rings. The van der Waals surface area contributed by atoms with Gasteiger partial charge < -0.3 is 15.2 Å². The molecule has 2 N–H and O–H groups in total. The average Bonchev–Trinajstić information content (AvgIpc) is 3.09. The number of aryl methyl sites for hydroxylation is 1.